The second-order valence-electron chi connectivity index (χ2n) is 11.8. The van der Waals surface area contributed by atoms with Gasteiger partial charge in [-0.15, -0.1) is 5.10 Å². The molecule has 1 N–H and O–H groups in total. The van der Waals surface area contributed by atoms with Gasteiger partial charge in [-0.05, 0) is 91.8 Å². The summed E-state index contributed by atoms with van der Waals surface area (Å²) in [6.07, 6.45) is 12.9. The van der Waals surface area contributed by atoms with Crippen molar-refractivity contribution in [3.8, 4) is 0 Å². The molecule has 6 nitrogen and oxygen atoms in total. The number of Topliss-reactive ketones (excluding diaryl/α,β-unsaturated/α-hetero) is 1. The molecule has 1 aromatic heterocycles. The number of carbonyl (C=O) groups is 2. The maximum absolute atomic E-state index is 13.3. The molecule has 0 bridgehead atoms. The quantitative estimate of drug-likeness (QED) is 0.743. The first kappa shape index (κ1) is 21.1. The van der Waals surface area contributed by atoms with E-state index in [9.17, 15) is 9.59 Å². The van der Waals surface area contributed by atoms with Crippen LogP contribution in [0.2, 0.25) is 0 Å². The summed E-state index contributed by atoms with van der Waals surface area (Å²) in [6, 6.07) is 0. The minimum atomic E-state index is -1.11. The van der Waals surface area contributed by atoms with Crippen molar-refractivity contribution in [3.63, 3.8) is 0 Å². The predicted octanol–water partition coefficient (Wildman–Crippen LogP) is 4.84. The van der Waals surface area contributed by atoms with Crippen LogP contribution in [0, 0.1) is 46.3 Å². The molecule has 31 heavy (non-hydrogen) atoms. The van der Waals surface area contributed by atoms with E-state index < -0.39 is 5.97 Å². The molecule has 4 aliphatic carbocycles. The fourth-order valence-electron chi connectivity index (χ4n) is 8.74. The van der Waals surface area contributed by atoms with Crippen LogP contribution in [0.25, 0.3) is 0 Å². The normalized spacial score (nSPS) is 44.2. The van der Waals surface area contributed by atoms with Crippen LogP contribution in [-0.2, 0) is 11.3 Å². The lowest BCUT2D eigenvalue weighted by Gasteiger charge is -2.61. The molecule has 4 saturated carbocycles. The molecule has 6 heteroatoms. The van der Waals surface area contributed by atoms with Gasteiger partial charge in [0.05, 0.1) is 6.20 Å². The summed E-state index contributed by atoms with van der Waals surface area (Å²) in [4.78, 5) is 24.4. The number of aromatic nitrogens is 3. The molecule has 4 aliphatic rings. The first-order valence-electron chi connectivity index (χ1n) is 12.4. The van der Waals surface area contributed by atoms with Crippen molar-refractivity contribution >= 4 is 11.8 Å². The lowest BCUT2D eigenvalue weighted by atomic mass is 9.44. The second-order valence-corrected chi connectivity index (χ2v) is 11.8. The average molecular weight is 428 g/mol. The fraction of sp³-hybridized carbons (Fsp3) is 0.840. The molecular weight excluding hydrogens is 390 g/mol. The van der Waals surface area contributed by atoms with Crippen molar-refractivity contribution in [1.29, 1.82) is 0 Å². The highest BCUT2D eigenvalue weighted by atomic mass is 16.4. The fourth-order valence-corrected chi connectivity index (χ4v) is 8.74. The van der Waals surface area contributed by atoms with Crippen LogP contribution in [-0.4, -0.2) is 31.9 Å². The number of carboxylic acid groups (broad SMARTS) is 1. The SMILES string of the molecule is CC1CCC2(C)C(CCC3C2CCC2(C)C3CC[C@@H]2C(=O)Cn2cc(C(=O)O)nn2)C1. The third-order valence-corrected chi connectivity index (χ3v) is 10.4. The van der Waals surface area contributed by atoms with E-state index in [1.807, 2.05) is 0 Å². The zero-order chi connectivity index (χ0) is 22.0. The second kappa shape index (κ2) is 7.41. The molecule has 0 saturated heterocycles. The molecule has 0 radical (unpaired) electrons. The molecule has 1 aromatic rings. The van der Waals surface area contributed by atoms with E-state index in [-0.39, 0.29) is 29.4 Å². The molecule has 0 aliphatic heterocycles. The molecule has 0 amide bonds. The third kappa shape index (κ3) is 3.27. The Hall–Kier alpha value is -1.72. The van der Waals surface area contributed by atoms with E-state index in [0.717, 1.165) is 36.5 Å². The van der Waals surface area contributed by atoms with Crippen LogP contribution in [0.1, 0.15) is 89.0 Å². The standard InChI is InChI=1S/C25H37N3O3/c1-15-8-10-24(2)16(12-15)4-5-17-18-6-7-20(25(18,3)11-9-19(17)24)22(29)14-28-13-21(23(30)31)26-27-28/h13,15-20H,4-12,14H2,1-3H3,(H,30,31)/t15?,16?,17?,18?,19?,20-,24?,25?/m1/s1. The molecule has 7 unspecified atom stereocenters. The highest BCUT2D eigenvalue weighted by molar-refractivity contribution is 5.85. The average Bonchev–Trinajstić information content (AvgIpc) is 3.32. The maximum atomic E-state index is 13.3. The van der Waals surface area contributed by atoms with Crippen LogP contribution in [0.5, 0.6) is 0 Å². The van der Waals surface area contributed by atoms with E-state index in [4.69, 9.17) is 5.11 Å². The smallest absolute Gasteiger partial charge is 0.358 e. The van der Waals surface area contributed by atoms with Crippen molar-refractivity contribution in [1.82, 2.24) is 15.0 Å². The Morgan fingerprint density at radius 2 is 1.81 bits per heavy atom. The topological polar surface area (TPSA) is 85.1 Å². The van der Waals surface area contributed by atoms with E-state index in [2.05, 4.69) is 31.1 Å². The molecule has 1 heterocycles. The largest absolute Gasteiger partial charge is 0.476 e. The Bertz CT molecular complexity index is 881. The summed E-state index contributed by atoms with van der Waals surface area (Å²) in [6.45, 7) is 7.56. The minimum Gasteiger partial charge on any atom is -0.476 e. The van der Waals surface area contributed by atoms with Crippen LogP contribution >= 0.6 is 0 Å². The lowest BCUT2D eigenvalue weighted by molar-refractivity contribution is -0.137. The van der Waals surface area contributed by atoms with Gasteiger partial charge in [0.2, 0.25) is 0 Å². The summed E-state index contributed by atoms with van der Waals surface area (Å²) >= 11 is 0. The summed E-state index contributed by atoms with van der Waals surface area (Å²) in [5.41, 5.74) is 0.488. The number of nitrogens with zero attached hydrogens (tertiary/aromatic N) is 3. The van der Waals surface area contributed by atoms with Crippen LogP contribution < -0.4 is 0 Å². The molecule has 0 spiro atoms. The number of carboxylic acids is 1. The minimum absolute atomic E-state index is 0.0628. The van der Waals surface area contributed by atoms with Gasteiger partial charge in [-0.2, -0.15) is 0 Å². The molecule has 5 rings (SSSR count). The number of ketones is 1. The summed E-state index contributed by atoms with van der Waals surface area (Å²) in [5, 5.41) is 16.6. The zero-order valence-corrected chi connectivity index (χ0v) is 19.2. The molecule has 4 fully saturated rings. The molecule has 0 aromatic carbocycles. The first-order valence-corrected chi connectivity index (χ1v) is 12.4. The number of hydrogen-bond donors (Lipinski definition) is 1. The summed E-state index contributed by atoms with van der Waals surface area (Å²) in [7, 11) is 0. The number of rotatable bonds is 4. The van der Waals surface area contributed by atoms with E-state index >= 15 is 0 Å². The van der Waals surface area contributed by atoms with Gasteiger partial charge < -0.3 is 5.11 Å². The van der Waals surface area contributed by atoms with Crippen LogP contribution in [0.3, 0.4) is 0 Å². The Labute approximate surface area is 185 Å². The van der Waals surface area contributed by atoms with E-state index in [1.165, 1.54) is 55.8 Å². The molecule has 170 valence electrons. The van der Waals surface area contributed by atoms with Gasteiger partial charge in [-0.3, -0.25) is 4.79 Å². The Morgan fingerprint density at radius 1 is 1.06 bits per heavy atom. The van der Waals surface area contributed by atoms with Gasteiger partial charge in [0, 0.05) is 5.92 Å². The molecule has 8 atom stereocenters. The Balaban J connectivity index is 1.32. The molecular formula is C25H37N3O3. The third-order valence-electron chi connectivity index (χ3n) is 10.4. The zero-order valence-electron chi connectivity index (χ0n) is 19.2. The van der Waals surface area contributed by atoms with Crippen molar-refractivity contribution in [2.75, 3.05) is 0 Å². The van der Waals surface area contributed by atoms with E-state index in [0.29, 0.717) is 11.3 Å². The van der Waals surface area contributed by atoms with Gasteiger partial charge in [-0.1, -0.05) is 32.4 Å². The van der Waals surface area contributed by atoms with Crippen molar-refractivity contribution < 1.29 is 14.7 Å². The Kier molecular flexibility index (Phi) is 5.06. The van der Waals surface area contributed by atoms with Gasteiger partial charge in [0.15, 0.2) is 11.5 Å². The number of aromatic carboxylic acids is 1. The number of carbonyl (C=O) groups excluding carboxylic acids is 1. The van der Waals surface area contributed by atoms with Crippen molar-refractivity contribution in [3.05, 3.63) is 11.9 Å². The lowest BCUT2D eigenvalue weighted by Crippen LogP contribution is -2.53. The number of hydrogen-bond acceptors (Lipinski definition) is 4. The Morgan fingerprint density at radius 3 is 2.55 bits per heavy atom. The van der Waals surface area contributed by atoms with Gasteiger partial charge in [0.25, 0.3) is 0 Å². The predicted molar refractivity (Wildman–Crippen MR) is 116 cm³/mol. The van der Waals surface area contributed by atoms with Gasteiger partial charge >= 0.3 is 5.97 Å². The highest BCUT2D eigenvalue weighted by Gasteiger charge is 2.60. The monoisotopic (exact) mass is 427 g/mol. The first-order chi connectivity index (χ1) is 14.7. The summed E-state index contributed by atoms with van der Waals surface area (Å²) in [5.74, 6) is 3.21. The highest BCUT2D eigenvalue weighted by Crippen LogP contribution is 2.67. The van der Waals surface area contributed by atoms with Crippen LogP contribution in [0.4, 0.5) is 0 Å². The maximum Gasteiger partial charge on any atom is 0.358 e. The summed E-state index contributed by atoms with van der Waals surface area (Å²) < 4.78 is 1.41. The number of fused-ring (bicyclic) bond motifs is 5. The van der Waals surface area contributed by atoms with E-state index in [1.54, 1.807) is 0 Å². The van der Waals surface area contributed by atoms with Crippen molar-refractivity contribution in [2.45, 2.75) is 85.1 Å². The van der Waals surface area contributed by atoms with Crippen molar-refractivity contribution in [2.24, 2.45) is 46.3 Å². The van der Waals surface area contributed by atoms with Gasteiger partial charge in [-0.25, -0.2) is 9.48 Å². The van der Waals surface area contributed by atoms with Gasteiger partial charge in [0.1, 0.15) is 6.54 Å². The van der Waals surface area contributed by atoms with Crippen LogP contribution in [0.15, 0.2) is 6.20 Å².